The predicted molar refractivity (Wildman–Crippen MR) is 147 cm³/mol. The van der Waals surface area contributed by atoms with Crippen molar-refractivity contribution in [3.05, 3.63) is 36.0 Å². The maximum absolute atomic E-state index is 13.2. The Hall–Kier alpha value is -4.70. The third kappa shape index (κ3) is 10.1. The number of aromatic amines is 1. The molecule has 2 rings (SSSR count). The van der Waals surface area contributed by atoms with E-state index < -0.39 is 66.4 Å². The van der Waals surface area contributed by atoms with Gasteiger partial charge in [-0.2, -0.15) is 0 Å². The molecule has 0 saturated carbocycles. The Morgan fingerprint density at radius 1 is 0.951 bits per heavy atom. The minimum atomic E-state index is -1.65. The lowest BCUT2D eigenvalue weighted by molar-refractivity contribution is -0.143. The number of hydrogen-bond donors (Lipinski definition) is 10. The van der Waals surface area contributed by atoms with Crippen molar-refractivity contribution in [2.45, 2.75) is 62.9 Å². The molecule has 0 saturated heterocycles. The molecule has 0 aliphatic heterocycles. The number of nitrogens with zero attached hydrogens (tertiary/aromatic N) is 1. The smallest absolute Gasteiger partial charge is 0.326 e. The van der Waals surface area contributed by atoms with Gasteiger partial charge < -0.3 is 53.5 Å². The SMILES string of the molecule is CC(O)C(N)C(=O)NC(CC(=O)O)C(=O)NC(CCCN=C(N)N)C(=O)NC(Cc1c[nH]c2ccccc12)C(=O)O. The van der Waals surface area contributed by atoms with E-state index in [9.17, 15) is 39.3 Å². The maximum Gasteiger partial charge on any atom is 0.326 e. The summed E-state index contributed by atoms with van der Waals surface area (Å²) in [5, 5.41) is 36.3. The van der Waals surface area contributed by atoms with Crippen LogP contribution in [0.3, 0.4) is 0 Å². The number of rotatable bonds is 16. The van der Waals surface area contributed by atoms with Crippen molar-refractivity contribution in [2.75, 3.05) is 6.54 Å². The zero-order valence-corrected chi connectivity index (χ0v) is 22.4. The molecule has 0 bridgehead atoms. The Bertz CT molecular complexity index is 1270. The number of H-pyrrole nitrogens is 1. The number of carboxylic acid groups (broad SMARTS) is 2. The van der Waals surface area contributed by atoms with Gasteiger partial charge in [-0.3, -0.25) is 24.2 Å². The van der Waals surface area contributed by atoms with Crippen molar-refractivity contribution in [3.63, 3.8) is 0 Å². The van der Waals surface area contributed by atoms with Crippen molar-refractivity contribution >= 4 is 46.5 Å². The standard InChI is InChI=1S/C25H36N8O8/c1-12(34)20(26)23(39)32-17(10-19(35)36)22(38)31-16(7-4-8-29-25(27)28)21(37)33-18(24(40)41)9-13-11-30-15-6-3-2-5-14(13)15/h2-3,5-6,11-12,16-18,20,30,34H,4,7-10,26H2,1H3,(H,31,38)(H,32,39)(H,33,37)(H,35,36)(H,40,41)(H4,27,28,29). The molecule has 1 aromatic heterocycles. The monoisotopic (exact) mass is 576 g/mol. The Morgan fingerprint density at radius 3 is 2.17 bits per heavy atom. The van der Waals surface area contributed by atoms with E-state index in [-0.39, 0.29) is 31.8 Å². The molecule has 1 heterocycles. The topological polar surface area (TPSA) is 288 Å². The fraction of sp³-hybridized carbons (Fsp3) is 0.440. The molecule has 16 heteroatoms. The molecule has 2 aromatic rings. The van der Waals surface area contributed by atoms with Gasteiger partial charge in [-0.25, -0.2) is 4.79 Å². The van der Waals surface area contributed by atoms with Crippen molar-refractivity contribution < 1.29 is 39.3 Å². The molecule has 0 spiro atoms. The van der Waals surface area contributed by atoms with Crippen molar-refractivity contribution in [3.8, 4) is 0 Å². The van der Waals surface area contributed by atoms with E-state index in [1.165, 1.54) is 6.92 Å². The van der Waals surface area contributed by atoms with Crippen LogP contribution in [0.2, 0.25) is 0 Å². The van der Waals surface area contributed by atoms with Gasteiger partial charge in [0.2, 0.25) is 17.7 Å². The molecule has 0 aliphatic carbocycles. The Balaban J connectivity index is 2.24. The highest BCUT2D eigenvalue weighted by Gasteiger charge is 2.32. The zero-order chi connectivity index (χ0) is 30.7. The molecule has 0 aliphatic rings. The van der Waals surface area contributed by atoms with Gasteiger partial charge >= 0.3 is 11.9 Å². The van der Waals surface area contributed by atoms with Crippen LogP contribution in [0.5, 0.6) is 0 Å². The molecule has 5 atom stereocenters. The number of carboxylic acids is 2. The average Bonchev–Trinajstić information content (AvgIpc) is 3.31. The molecule has 224 valence electrons. The van der Waals surface area contributed by atoms with Crippen LogP contribution in [0, 0.1) is 0 Å². The Kier molecular flexibility index (Phi) is 12.0. The molecule has 41 heavy (non-hydrogen) atoms. The molecular weight excluding hydrogens is 540 g/mol. The van der Waals surface area contributed by atoms with Gasteiger partial charge in [-0.15, -0.1) is 0 Å². The van der Waals surface area contributed by atoms with Crippen molar-refractivity contribution in [1.82, 2.24) is 20.9 Å². The Labute approximate surface area is 234 Å². The lowest BCUT2D eigenvalue weighted by Crippen LogP contribution is -2.58. The van der Waals surface area contributed by atoms with E-state index in [1.807, 2.05) is 12.1 Å². The highest BCUT2D eigenvalue weighted by Crippen LogP contribution is 2.19. The number of nitrogens with two attached hydrogens (primary N) is 3. The average molecular weight is 577 g/mol. The summed E-state index contributed by atoms with van der Waals surface area (Å²) in [6.45, 7) is 1.32. The second-order valence-electron chi connectivity index (χ2n) is 9.40. The van der Waals surface area contributed by atoms with Gasteiger partial charge in [0.25, 0.3) is 0 Å². The summed E-state index contributed by atoms with van der Waals surface area (Å²) in [6.07, 6.45) is -0.464. The van der Waals surface area contributed by atoms with Crippen LogP contribution in [-0.2, 0) is 30.4 Å². The van der Waals surface area contributed by atoms with Crippen LogP contribution >= 0.6 is 0 Å². The number of aromatic nitrogens is 1. The lowest BCUT2D eigenvalue weighted by Gasteiger charge is -2.25. The minimum absolute atomic E-state index is 0.0608. The first kappa shape index (κ1) is 32.5. The van der Waals surface area contributed by atoms with Crippen LogP contribution in [0.4, 0.5) is 0 Å². The number of benzene rings is 1. The van der Waals surface area contributed by atoms with Crippen LogP contribution in [-0.4, -0.2) is 92.7 Å². The first-order valence-corrected chi connectivity index (χ1v) is 12.7. The molecule has 16 nitrogen and oxygen atoms in total. The van der Waals surface area contributed by atoms with E-state index in [0.29, 0.717) is 5.56 Å². The highest BCUT2D eigenvalue weighted by molar-refractivity contribution is 5.96. The number of nitrogens with one attached hydrogen (secondary N) is 4. The molecule has 0 radical (unpaired) electrons. The van der Waals surface area contributed by atoms with E-state index in [4.69, 9.17) is 17.2 Å². The van der Waals surface area contributed by atoms with Crippen molar-refractivity contribution in [1.29, 1.82) is 0 Å². The first-order valence-electron chi connectivity index (χ1n) is 12.7. The fourth-order valence-electron chi connectivity index (χ4n) is 3.91. The van der Waals surface area contributed by atoms with Crippen LogP contribution in [0.1, 0.15) is 31.7 Å². The van der Waals surface area contributed by atoms with Crippen LogP contribution in [0.25, 0.3) is 10.9 Å². The summed E-state index contributed by atoms with van der Waals surface area (Å²) in [5.41, 5.74) is 17.6. The molecule has 0 fully saturated rings. The van der Waals surface area contributed by atoms with Crippen LogP contribution < -0.4 is 33.2 Å². The van der Waals surface area contributed by atoms with E-state index >= 15 is 0 Å². The number of para-hydroxylation sites is 1. The third-order valence-electron chi connectivity index (χ3n) is 6.13. The number of guanidine groups is 1. The maximum atomic E-state index is 13.2. The lowest BCUT2D eigenvalue weighted by atomic mass is 10.0. The molecule has 1 aromatic carbocycles. The van der Waals surface area contributed by atoms with Crippen LogP contribution in [0.15, 0.2) is 35.5 Å². The summed E-state index contributed by atoms with van der Waals surface area (Å²) in [4.78, 5) is 68.8. The zero-order valence-electron chi connectivity index (χ0n) is 22.4. The molecule has 3 amide bonds. The first-order chi connectivity index (χ1) is 19.3. The van der Waals surface area contributed by atoms with E-state index in [2.05, 4.69) is 25.9 Å². The second-order valence-corrected chi connectivity index (χ2v) is 9.40. The molecule has 5 unspecified atom stereocenters. The van der Waals surface area contributed by atoms with E-state index in [1.54, 1.807) is 18.3 Å². The molecular formula is C25H36N8O8. The van der Waals surface area contributed by atoms with Crippen molar-refractivity contribution in [2.24, 2.45) is 22.2 Å². The normalized spacial score (nSPS) is 14.6. The summed E-state index contributed by atoms with van der Waals surface area (Å²) in [6, 6.07) is 1.39. The number of aliphatic carboxylic acids is 2. The van der Waals surface area contributed by atoms with Gasteiger partial charge in [-0.1, -0.05) is 18.2 Å². The highest BCUT2D eigenvalue weighted by atomic mass is 16.4. The number of carbonyl (C=O) groups excluding carboxylic acids is 3. The summed E-state index contributed by atoms with van der Waals surface area (Å²) in [5.74, 6) is -5.84. The van der Waals surface area contributed by atoms with E-state index in [0.717, 1.165) is 10.9 Å². The van der Waals surface area contributed by atoms with Gasteiger partial charge in [-0.05, 0) is 31.4 Å². The molecule has 13 N–H and O–H groups in total. The fourth-order valence-corrected chi connectivity index (χ4v) is 3.91. The largest absolute Gasteiger partial charge is 0.481 e. The number of aliphatic hydroxyl groups excluding tert-OH is 1. The Morgan fingerprint density at radius 2 is 1.56 bits per heavy atom. The summed E-state index contributed by atoms with van der Waals surface area (Å²) >= 11 is 0. The number of carbonyl (C=O) groups is 5. The minimum Gasteiger partial charge on any atom is -0.481 e. The van der Waals surface area contributed by atoms with Gasteiger partial charge in [0.1, 0.15) is 24.2 Å². The van der Waals surface area contributed by atoms with Gasteiger partial charge in [0.05, 0.1) is 12.5 Å². The van der Waals surface area contributed by atoms with Gasteiger partial charge in [0, 0.05) is 30.1 Å². The number of aliphatic imine (C=N–C) groups is 1. The number of fused-ring (bicyclic) bond motifs is 1. The quantitative estimate of drug-likeness (QED) is 0.0565. The number of aliphatic hydroxyl groups is 1. The third-order valence-corrected chi connectivity index (χ3v) is 6.13. The number of amides is 3. The number of hydrogen-bond acceptors (Lipinski definition) is 8. The van der Waals surface area contributed by atoms with Gasteiger partial charge in [0.15, 0.2) is 5.96 Å². The summed E-state index contributed by atoms with van der Waals surface area (Å²) < 4.78 is 0. The summed E-state index contributed by atoms with van der Waals surface area (Å²) in [7, 11) is 0. The predicted octanol–water partition coefficient (Wildman–Crippen LogP) is -2.51. The second kappa shape index (κ2) is 15.2.